The Labute approximate surface area is 174 Å². The molecule has 0 spiro atoms. The number of aliphatic hydroxyl groups is 1. The quantitative estimate of drug-likeness (QED) is 0.312. The molecule has 2 aromatic rings. The smallest absolute Gasteiger partial charge is 0.191 e. The predicted octanol–water partition coefficient (Wildman–Crippen LogP) is 3.10. The summed E-state index contributed by atoms with van der Waals surface area (Å²) in [7, 11) is 0. The van der Waals surface area contributed by atoms with Crippen molar-refractivity contribution < 1.29 is 5.11 Å². The number of aliphatic hydroxyl groups excluding tert-OH is 1. The predicted molar refractivity (Wildman–Crippen MR) is 113 cm³/mol. The summed E-state index contributed by atoms with van der Waals surface area (Å²) in [6.45, 7) is 4.31. The highest BCUT2D eigenvalue weighted by atomic mass is 127. The van der Waals surface area contributed by atoms with Crippen molar-refractivity contribution in [1.29, 1.82) is 0 Å². The molecule has 0 aliphatic heterocycles. The summed E-state index contributed by atoms with van der Waals surface area (Å²) in [5.74, 6) is 0.636. The highest BCUT2D eigenvalue weighted by Gasteiger charge is 2.09. The fraction of sp³-hybridized carbons (Fsp3) is 0.375. The molecule has 3 N–H and O–H groups in total. The fourth-order valence-corrected chi connectivity index (χ4v) is 2.66. The summed E-state index contributed by atoms with van der Waals surface area (Å²) in [5.41, 5.74) is 0.642. The first kappa shape index (κ1) is 22.0. The molecule has 0 saturated carbocycles. The molecule has 1 aromatic carbocycles. The number of hydrogen-bond donors (Lipinski definition) is 3. The highest BCUT2D eigenvalue weighted by molar-refractivity contribution is 14.0. The molecule has 6 nitrogen and oxygen atoms in total. The lowest BCUT2D eigenvalue weighted by Gasteiger charge is -2.14. The first-order valence-electron chi connectivity index (χ1n) is 7.72. The molecule has 0 radical (unpaired) electrons. The van der Waals surface area contributed by atoms with Crippen LogP contribution < -0.4 is 10.6 Å². The molecule has 0 amide bonds. The standard InChI is InChI=1S/C16H21Cl2N5O.HI/c1-2-19-16(20-5-7-23-6-3-4-22-23)21-11-15(24)12-8-13(17)10-14(18)9-12;/h3-4,6,8-10,15,24H,2,5,7,11H2,1H3,(H2,19,20,21);1H. The van der Waals surface area contributed by atoms with E-state index >= 15 is 0 Å². The second-order valence-electron chi connectivity index (χ2n) is 5.13. The molecule has 0 aliphatic carbocycles. The van der Waals surface area contributed by atoms with Gasteiger partial charge in [0.1, 0.15) is 0 Å². The van der Waals surface area contributed by atoms with E-state index in [0.29, 0.717) is 28.1 Å². The van der Waals surface area contributed by atoms with Gasteiger partial charge < -0.3 is 15.7 Å². The first-order chi connectivity index (χ1) is 11.6. The molecule has 1 aromatic heterocycles. The number of halogens is 3. The van der Waals surface area contributed by atoms with Gasteiger partial charge in [0.05, 0.1) is 19.2 Å². The van der Waals surface area contributed by atoms with Gasteiger partial charge in [-0.15, -0.1) is 24.0 Å². The van der Waals surface area contributed by atoms with Crippen LogP contribution in [0.25, 0.3) is 0 Å². The van der Waals surface area contributed by atoms with Gasteiger partial charge in [-0.1, -0.05) is 23.2 Å². The van der Waals surface area contributed by atoms with Crippen LogP contribution in [0.1, 0.15) is 18.6 Å². The number of nitrogens with one attached hydrogen (secondary N) is 2. The molecule has 2 rings (SSSR count). The molecule has 1 heterocycles. The lowest BCUT2D eigenvalue weighted by Crippen LogP contribution is -2.39. The summed E-state index contributed by atoms with van der Waals surface area (Å²) >= 11 is 11.9. The molecule has 25 heavy (non-hydrogen) atoms. The third kappa shape index (κ3) is 7.81. The molecule has 138 valence electrons. The summed E-state index contributed by atoms with van der Waals surface area (Å²) in [4.78, 5) is 4.40. The molecule has 0 saturated heterocycles. The second kappa shape index (κ2) is 11.6. The van der Waals surface area contributed by atoms with Gasteiger partial charge in [0, 0.05) is 35.5 Å². The topological polar surface area (TPSA) is 74.5 Å². The lowest BCUT2D eigenvalue weighted by atomic mass is 10.1. The number of benzene rings is 1. The fourth-order valence-electron chi connectivity index (χ4n) is 2.11. The van der Waals surface area contributed by atoms with Gasteiger partial charge >= 0.3 is 0 Å². The molecule has 1 atom stereocenters. The molecule has 9 heteroatoms. The Morgan fingerprint density at radius 3 is 2.60 bits per heavy atom. The maximum atomic E-state index is 10.3. The van der Waals surface area contributed by atoms with E-state index in [2.05, 4.69) is 20.7 Å². The van der Waals surface area contributed by atoms with E-state index in [-0.39, 0.29) is 30.5 Å². The largest absolute Gasteiger partial charge is 0.386 e. The zero-order chi connectivity index (χ0) is 17.4. The van der Waals surface area contributed by atoms with Gasteiger partial charge in [0.15, 0.2) is 5.96 Å². The number of aromatic nitrogens is 2. The van der Waals surface area contributed by atoms with Gasteiger partial charge in [0.25, 0.3) is 0 Å². The van der Waals surface area contributed by atoms with E-state index in [0.717, 1.165) is 13.1 Å². The van der Waals surface area contributed by atoms with Gasteiger partial charge in [-0.3, -0.25) is 9.67 Å². The van der Waals surface area contributed by atoms with Crippen LogP contribution >= 0.6 is 47.2 Å². The van der Waals surface area contributed by atoms with Gasteiger partial charge in [0.2, 0.25) is 0 Å². The third-order valence-electron chi connectivity index (χ3n) is 3.23. The molecule has 0 fully saturated rings. The van der Waals surface area contributed by atoms with Crippen molar-refractivity contribution in [1.82, 2.24) is 20.4 Å². The number of hydrogen-bond acceptors (Lipinski definition) is 3. The van der Waals surface area contributed by atoms with Crippen LogP contribution in [0.2, 0.25) is 10.0 Å². The van der Waals surface area contributed by atoms with E-state index in [4.69, 9.17) is 23.2 Å². The van der Waals surface area contributed by atoms with Crippen LogP contribution in [0.15, 0.2) is 41.7 Å². The van der Waals surface area contributed by atoms with Crippen molar-refractivity contribution in [2.75, 3.05) is 19.6 Å². The molecular weight excluding hydrogens is 476 g/mol. The lowest BCUT2D eigenvalue weighted by molar-refractivity contribution is 0.187. The monoisotopic (exact) mass is 497 g/mol. The maximum Gasteiger partial charge on any atom is 0.191 e. The Hall–Kier alpha value is -1.03. The summed E-state index contributed by atoms with van der Waals surface area (Å²) < 4.78 is 1.83. The van der Waals surface area contributed by atoms with Crippen LogP contribution in [0, 0.1) is 0 Å². The minimum Gasteiger partial charge on any atom is -0.386 e. The van der Waals surface area contributed by atoms with Crippen LogP contribution in [-0.2, 0) is 6.54 Å². The zero-order valence-corrected chi connectivity index (χ0v) is 17.7. The minimum atomic E-state index is -0.775. The van der Waals surface area contributed by atoms with E-state index in [1.165, 1.54) is 0 Å². The van der Waals surface area contributed by atoms with Gasteiger partial charge in [-0.2, -0.15) is 5.10 Å². The van der Waals surface area contributed by atoms with E-state index < -0.39 is 6.10 Å². The van der Waals surface area contributed by atoms with Crippen molar-refractivity contribution in [3.8, 4) is 0 Å². The summed E-state index contributed by atoms with van der Waals surface area (Å²) in [6, 6.07) is 6.88. The van der Waals surface area contributed by atoms with Crippen molar-refractivity contribution in [2.45, 2.75) is 19.6 Å². The Bertz CT molecular complexity index is 646. The van der Waals surface area contributed by atoms with Crippen molar-refractivity contribution >= 4 is 53.1 Å². The maximum absolute atomic E-state index is 10.3. The van der Waals surface area contributed by atoms with Crippen LogP contribution in [0.3, 0.4) is 0 Å². The van der Waals surface area contributed by atoms with Crippen molar-refractivity contribution in [3.05, 3.63) is 52.3 Å². The average Bonchev–Trinajstić information content (AvgIpc) is 3.04. The summed E-state index contributed by atoms with van der Waals surface area (Å²) in [5, 5.41) is 21.7. The number of aliphatic imine (C=N–C) groups is 1. The Morgan fingerprint density at radius 1 is 1.28 bits per heavy atom. The van der Waals surface area contributed by atoms with E-state index in [1.54, 1.807) is 24.4 Å². The first-order valence-corrected chi connectivity index (χ1v) is 8.47. The van der Waals surface area contributed by atoms with Crippen molar-refractivity contribution in [3.63, 3.8) is 0 Å². The van der Waals surface area contributed by atoms with E-state index in [1.807, 2.05) is 23.9 Å². The molecule has 0 aliphatic rings. The molecule has 0 bridgehead atoms. The highest BCUT2D eigenvalue weighted by Crippen LogP contribution is 2.23. The Morgan fingerprint density at radius 2 is 2.00 bits per heavy atom. The second-order valence-corrected chi connectivity index (χ2v) is 6.01. The zero-order valence-electron chi connectivity index (χ0n) is 13.8. The molecular formula is C16H22Cl2IN5O. The average molecular weight is 498 g/mol. The normalized spacial score (nSPS) is 12.4. The third-order valence-corrected chi connectivity index (χ3v) is 3.67. The SMILES string of the molecule is CCNC(=NCC(O)c1cc(Cl)cc(Cl)c1)NCCn1cccn1.I. The van der Waals surface area contributed by atoms with Crippen LogP contribution in [0.5, 0.6) is 0 Å². The Kier molecular flexibility index (Phi) is 10.2. The van der Waals surface area contributed by atoms with Crippen LogP contribution in [-0.4, -0.2) is 40.5 Å². The number of guanidine groups is 1. The summed E-state index contributed by atoms with van der Waals surface area (Å²) in [6.07, 6.45) is 2.87. The Balaban J connectivity index is 0.00000312. The minimum absolute atomic E-state index is 0. The van der Waals surface area contributed by atoms with Gasteiger partial charge in [-0.05, 0) is 36.8 Å². The molecule has 1 unspecified atom stereocenters. The number of rotatable bonds is 7. The van der Waals surface area contributed by atoms with E-state index in [9.17, 15) is 5.11 Å². The van der Waals surface area contributed by atoms with Crippen molar-refractivity contribution in [2.24, 2.45) is 4.99 Å². The van der Waals surface area contributed by atoms with Gasteiger partial charge in [-0.25, -0.2) is 0 Å². The van der Waals surface area contributed by atoms with Crippen LogP contribution in [0.4, 0.5) is 0 Å². The number of nitrogens with zero attached hydrogens (tertiary/aromatic N) is 3.